The first-order chi connectivity index (χ1) is 12.4. The van der Waals surface area contributed by atoms with Gasteiger partial charge in [0.2, 0.25) is 0 Å². The zero-order chi connectivity index (χ0) is 16.9. The van der Waals surface area contributed by atoms with Gasteiger partial charge in [-0.2, -0.15) is 0 Å². The molecule has 1 aliphatic heterocycles. The Labute approximate surface area is 149 Å². The lowest BCUT2D eigenvalue weighted by Gasteiger charge is -2.35. The summed E-state index contributed by atoms with van der Waals surface area (Å²) in [5.74, 6) is 1.09. The molecule has 1 aliphatic rings. The lowest BCUT2D eigenvalue weighted by molar-refractivity contribution is 0.249. The molecule has 25 heavy (non-hydrogen) atoms. The molecule has 3 aromatic rings. The molecule has 0 bridgehead atoms. The Bertz CT molecular complexity index is 777. The van der Waals surface area contributed by atoms with Crippen LogP contribution in [-0.2, 0) is 6.54 Å². The monoisotopic (exact) mass is 328 g/mol. The van der Waals surface area contributed by atoms with Crippen LogP contribution < -0.4 is 4.90 Å². The van der Waals surface area contributed by atoms with Crippen LogP contribution in [-0.4, -0.2) is 36.1 Å². The molecule has 1 aromatic heterocycles. The highest BCUT2D eigenvalue weighted by molar-refractivity contribution is 5.63. The van der Waals surface area contributed by atoms with E-state index in [1.807, 2.05) is 30.5 Å². The number of nitrogens with zero attached hydrogens (tertiary/aromatic N) is 3. The Morgan fingerprint density at radius 1 is 0.840 bits per heavy atom. The summed E-state index contributed by atoms with van der Waals surface area (Å²) in [6.07, 6.45) is 1.87. The number of aromatic nitrogens is 1. The van der Waals surface area contributed by atoms with E-state index in [9.17, 15) is 0 Å². The summed E-state index contributed by atoms with van der Waals surface area (Å²) in [5.41, 5.74) is 3.84. The molecule has 0 aliphatic carbocycles. The average Bonchev–Trinajstić information content (AvgIpc) is 2.71. The van der Waals surface area contributed by atoms with Gasteiger partial charge in [0.05, 0.1) is 0 Å². The normalized spacial score (nSPS) is 15.3. The maximum Gasteiger partial charge on any atom is 0.128 e. The second-order valence-corrected chi connectivity index (χ2v) is 6.44. The van der Waals surface area contributed by atoms with E-state index in [1.165, 1.54) is 16.7 Å². The van der Waals surface area contributed by atoms with Crippen LogP contribution in [0, 0.1) is 6.07 Å². The van der Waals surface area contributed by atoms with E-state index in [1.54, 1.807) is 0 Å². The average molecular weight is 328 g/mol. The summed E-state index contributed by atoms with van der Waals surface area (Å²) in [7, 11) is 0. The molecule has 0 atom stereocenters. The van der Waals surface area contributed by atoms with E-state index >= 15 is 0 Å². The predicted octanol–water partition coefficient (Wildman–Crippen LogP) is 3.87. The fourth-order valence-electron chi connectivity index (χ4n) is 3.31. The molecular formula is C22H22N3. The number of hydrogen-bond acceptors (Lipinski definition) is 3. The van der Waals surface area contributed by atoms with Crippen molar-refractivity contribution < 1.29 is 0 Å². The van der Waals surface area contributed by atoms with Crippen LogP contribution >= 0.6 is 0 Å². The molecule has 0 saturated carbocycles. The highest BCUT2D eigenvalue weighted by Gasteiger charge is 2.17. The van der Waals surface area contributed by atoms with Gasteiger partial charge in [-0.05, 0) is 41.0 Å². The Morgan fingerprint density at radius 3 is 2.36 bits per heavy atom. The van der Waals surface area contributed by atoms with Crippen LogP contribution in [0.5, 0.6) is 0 Å². The zero-order valence-electron chi connectivity index (χ0n) is 14.3. The second kappa shape index (κ2) is 7.49. The van der Waals surface area contributed by atoms with Gasteiger partial charge in [-0.3, -0.25) is 4.90 Å². The first-order valence-electron chi connectivity index (χ1n) is 8.82. The Balaban J connectivity index is 1.34. The molecule has 1 saturated heterocycles. The van der Waals surface area contributed by atoms with Gasteiger partial charge in [0.1, 0.15) is 5.82 Å². The van der Waals surface area contributed by atoms with Crippen molar-refractivity contribution in [3.05, 3.63) is 84.6 Å². The highest BCUT2D eigenvalue weighted by Crippen LogP contribution is 2.20. The molecule has 125 valence electrons. The first kappa shape index (κ1) is 15.9. The molecule has 0 amide bonds. The fraction of sp³-hybridized carbons (Fsp3) is 0.227. The van der Waals surface area contributed by atoms with Gasteiger partial charge in [0.15, 0.2) is 0 Å². The lowest BCUT2D eigenvalue weighted by Crippen LogP contribution is -2.46. The largest absolute Gasteiger partial charge is 0.354 e. The van der Waals surface area contributed by atoms with Crippen LogP contribution in [0.25, 0.3) is 11.1 Å². The van der Waals surface area contributed by atoms with E-state index in [0.29, 0.717) is 0 Å². The van der Waals surface area contributed by atoms with Gasteiger partial charge < -0.3 is 4.90 Å². The standard InChI is InChI=1S/C22H22N3/c1-2-6-20(7-3-1)21-11-9-19(10-12-21)18-24-14-16-25(17-15-24)22-8-4-5-13-23-22/h1-2,4-13H,14-18H2. The van der Waals surface area contributed by atoms with Crippen molar-refractivity contribution in [3.63, 3.8) is 0 Å². The van der Waals surface area contributed by atoms with Gasteiger partial charge in [-0.25, -0.2) is 4.98 Å². The minimum absolute atomic E-state index is 1.01. The zero-order valence-corrected chi connectivity index (χ0v) is 14.3. The minimum atomic E-state index is 1.01. The summed E-state index contributed by atoms with van der Waals surface area (Å²) in [4.78, 5) is 9.34. The summed E-state index contributed by atoms with van der Waals surface area (Å²) in [6.45, 7) is 5.24. The molecule has 2 aromatic carbocycles. The lowest BCUT2D eigenvalue weighted by atomic mass is 10.0. The molecule has 0 N–H and O–H groups in total. The quantitative estimate of drug-likeness (QED) is 0.725. The number of rotatable bonds is 4. The maximum atomic E-state index is 4.45. The third kappa shape index (κ3) is 3.89. The van der Waals surface area contributed by atoms with Crippen molar-refractivity contribution >= 4 is 5.82 Å². The molecule has 2 heterocycles. The first-order valence-corrected chi connectivity index (χ1v) is 8.82. The summed E-state index contributed by atoms with van der Waals surface area (Å²) >= 11 is 0. The van der Waals surface area contributed by atoms with E-state index in [0.717, 1.165) is 38.5 Å². The van der Waals surface area contributed by atoms with Gasteiger partial charge in [-0.1, -0.05) is 48.5 Å². The van der Waals surface area contributed by atoms with E-state index in [2.05, 4.69) is 63.3 Å². The SMILES string of the molecule is [c]1cccc(-c2ccc(CN3CCN(c4ccccn4)CC3)cc2)c1. The topological polar surface area (TPSA) is 19.4 Å². The number of pyridine rings is 1. The third-order valence-electron chi connectivity index (χ3n) is 4.75. The highest BCUT2D eigenvalue weighted by atomic mass is 15.3. The van der Waals surface area contributed by atoms with E-state index in [-0.39, 0.29) is 0 Å². The molecule has 1 radical (unpaired) electrons. The molecule has 4 rings (SSSR count). The number of piperazine rings is 1. The van der Waals surface area contributed by atoms with Crippen LogP contribution in [0.15, 0.2) is 72.9 Å². The van der Waals surface area contributed by atoms with Crippen LogP contribution in [0.2, 0.25) is 0 Å². The second-order valence-electron chi connectivity index (χ2n) is 6.44. The number of benzene rings is 2. The summed E-state index contributed by atoms with van der Waals surface area (Å²) in [6, 6.07) is 26.3. The van der Waals surface area contributed by atoms with Crippen LogP contribution in [0.1, 0.15) is 5.56 Å². The van der Waals surface area contributed by atoms with Crippen molar-refractivity contribution in [1.82, 2.24) is 9.88 Å². The van der Waals surface area contributed by atoms with Crippen molar-refractivity contribution in [3.8, 4) is 11.1 Å². The number of hydrogen-bond donors (Lipinski definition) is 0. The predicted molar refractivity (Wildman–Crippen MR) is 102 cm³/mol. The number of anilines is 1. The Hall–Kier alpha value is -2.65. The molecule has 3 nitrogen and oxygen atoms in total. The molecule has 1 fully saturated rings. The molecule has 0 spiro atoms. The fourth-order valence-corrected chi connectivity index (χ4v) is 3.31. The molecule has 3 heteroatoms. The maximum absolute atomic E-state index is 4.45. The van der Waals surface area contributed by atoms with Gasteiger partial charge >= 0.3 is 0 Å². The van der Waals surface area contributed by atoms with E-state index in [4.69, 9.17) is 0 Å². The van der Waals surface area contributed by atoms with Crippen molar-refractivity contribution in [1.29, 1.82) is 0 Å². The van der Waals surface area contributed by atoms with Crippen molar-refractivity contribution in [2.45, 2.75) is 6.54 Å². The van der Waals surface area contributed by atoms with Gasteiger partial charge in [0.25, 0.3) is 0 Å². The van der Waals surface area contributed by atoms with Crippen LogP contribution in [0.4, 0.5) is 5.82 Å². The van der Waals surface area contributed by atoms with Crippen molar-refractivity contribution in [2.24, 2.45) is 0 Å². The summed E-state index contributed by atoms with van der Waals surface area (Å²) in [5, 5.41) is 0. The van der Waals surface area contributed by atoms with Crippen molar-refractivity contribution in [2.75, 3.05) is 31.1 Å². The van der Waals surface area contributed by atoms with Gasteiger partial charge in [0, 0.05) is 38.9 Å². The van der Waals surface area contributed by atoms with E-state index < -0.39 is 0 Å². The third-order valence-corrected chi connectivity index (χ3v) is 4.75. The van der Waals surface area contributed by atoms with Gasteiger partial charge in [-0.15, -0.1) is 0 Å². The molecular weight excluding hydrogens is 306 g/mol. The minimum Gasteiger partial charge on any atom is -0.354 e. The molecule has 0 unspecified atom stereocenters. The Morgan fingerprint density at radius 2 is 1.68 bits per heavy atom. The van der Waals surface area contributed by atoms with Crippen LogP contribution in [0.3, 0.4) is 0 Å². The smallest absolute Gasteiger partial charge is 0.128 e. The Kier molecular flexibility index (Phi) is 4.75. The summed E-state index contributed by atoms with van der Waals surface area (Å²) < 4.78 is 0.